The molecular weight excluding hydrogens is 361 g/mol. The summed E-state index contributed by atoms with van der Waals surface area (Å²) in [5.74, 6) is 0.890. The number of hydrogen-bond acceptors (Lipinski definition) is 6. The zero-order valence-electron chi connectivity index (χ0n) is 15.2. The van der Waals surface area contributed by atoms with Crippen LogP contribution in [0.4, 0.5) is 15.9 Å². The molecule has 3 heterocycles. The molecule has 1 amide bonds. The van der Waals surface area contributed by atoms with Crippen molar-refractivity contribution in [2.45, 2.75) is 6.54 Å². The largest absolute Gasteiger partial charge is 0.467 e. The van der Waals surface area contributed by atoms with E-state index in [1.165, 1.54) is 12.1 Å². The molecule has 0 spiro atoms. The van der Waals surface area contributed by atoms with Crippen LogP contribution in [0.15, 0.2) is 59.2 Å². The van der Waals surface area contributed by atoms with E-state index in [4.69, 9.17) is 4.42 Å². The van der Waals surface area contributed by atoms with Crippen molar-refractivity contribution in [2.24, 2.45) is 0 Å². The van der Waals surface area contributed by atoms with Crippen molar-refractivity contribution < 1.29 is 13.6 Å². The first-order valence-electron chi connectivity index (χ1n) is 9.09. The molecule has 4 rings (SSSR count). The smallest absolute Gasteiger partial charge is 0.272 e. The van der Waals surface area contributed by atoms with Gasteiger partial charge in [0.25, 0.3) is 5.91 Å². The zero-order valence-corrected chi connectivity index (χ0v) is 15.2. The van der Waals surface area contributed by atoms with Gasteiger partial charge in [-0.05, 0) is 48.5 Å². The lowest BCUT2D eigenvalue weighted by molar-refractivity contribution is 0.0942. The average molecular weight is 381 g/mol. The quantitative estimate of drug-likeness (QED) is 0.732. The van der Waals surface area contributed by atoms with Gasteiger partial charge in [-0.25, -0.2) is 4.39 Å². The van der Waals surface area contributed by atoms with E-state index in [0.717, 1.165) is 37.7 Å². The molecule has 0 radical (unpaired) electrons. The van der Waals surface area contributed by atoms with Crippen LogP contribution >= 0.6 is 0 Å². The molecule has 0 atom stereocenters. The van der Waals surface area contributed by atoms with Crippen LogP contribution < -0.4 is 15.1 Å². The molecule has 0 aliphatic carbocycles. The van der Waals surface area contributed by atoms with Gasteiger partial charge >= 0.3 is 0 Å². The number of benzene rings is 1. The molecule has 0 saturated carbocycles. The van der Waals surface area contributed by atoms with Gasteiger partial charge < -0.3 is 19.5 Å². The van der Waals surface area contributed by atoms with E-state index in [-0.39, 0.29) is 17.4 Å². The molecule has 1 saturated heterocycles. The summed E-state index contributed by atoms with van der Waals surface area (Å²) in [6.07, 6.45) is 1.56. The number of aromatic nitrogens is 2. The van der Waals surface area contributed by atoms with Crippen LogP contribution in [0.25, 0.3) is 0 Å². The van der Waals surface area contributed by atoms with E-state index in [0.29, 0.717) is 12.3 Å². The molecule has 1 N–H and O–H groups in total. The molecule has 1 aromatic carbocycles. The van der Waals surface area contributed by atoms with E-state index < -0.39 is 0 Å². The second kappa shape index (κ2) is 8.08. The van der Waals surface area contributed by atoms with E-state index in [2.05, 4.69) is 25.3 Å². The highest BCUT2D eigenvalue weighted by atomic mass is 19.1. The Balaban J connectivity index is 1.31. The number of rotatable bonds is 5. The Morgan fingerprint density at radius 1 is 1.00 bits per heavy atom. The highest BCUT2D eigenvalue weighted by Gasteiger charge is 2.19. The third-order valence-corrected chi connectivity index (χ3v) is 4.68. The molecule has 0 unspecified atom stereocenters. The van der Waals surface area contributed by atoms with Crippen molar-refractivity contribution in [2.75, 3.05) is 36.0 Å². The molecule has 0 bridgehead atoms. The maximum Gasteiger partial charge on any atom is 0.272 e. The van der Waals surface area contributed by atoms with Crippen molar-refractivity contribution in [1.29, 1.82) is 0 Å². The third kappa shape index (κ3) is 4.11. The third-order valence-electron chi connectivity index (χ3n) is 4.68. The van der Waals surface area contributed by atoms with Crippen LogP contribution in [0.2, 0.25) is 0 Å². The lowest BCUT2D eigenvalue weighted by Gasteiger charge is -2.36. The molecule has 8 heteroatoms. The fourth-order valence-electron chi connectivity index (χ4n) is 3.13. The molecular formula is C20H20FN5O2. The number of furan rings is 1. The Morgan fingerprint density at radius 3 is 2.39 bits per heavy atom. The first-order chi connectivity index (χ1) is 13.7. The number of carbonyl (C=O) groups is 1. The van der Waals surface area contributed by atoms with Crippen molar-refractivity contribution in [3.05, 3.63) is 72.1 Å². The van der Waals surface area contributed by atoms with Crippen LogP contribution in [-0.2, 0) is 6.54 Å². The Labute approximate surface area is 161 Å². The predicted octanol–water partition coefficient (Wildman–Crippen LogP) is 2.47. The number of nitrogens with zero attached hydrogens (tertiary/aromatic N) is 4. The lowest BCUT2D eigenvalue weighted by atomic mass is 10.2. The molecule has 1 fully saturated rings. The molecule has 7 nitrogen and oxygen atoms in total. The van der Waals surface area contributed by atoms with Gasteiger partial charge in [0.15, 0.2) is 11.5 Å². The van der Waals surface area contributed by atoms with Gasteiger partial charge in [0.05, 0.1) is 12.8 Å². The molecule has 3 aromatic rings. The lowest BCUT2D eigenvalue weighted by Crippen LogP contribution is -2.47. The van der Waals surface area contributed by atoms with E-state index in [1.807, 2.05) is 6.07 Å². The van der Waals surface area contributed by atoms with Crippen LogP contribution in [-0.4, -0.2) is 42.3 Å². The number of hydrogen-bond donors (Lipinski definition) is 1. The topological polar surface area (TPSA) is 74.5 Å². The first kappa shape index (κ1) is 18.0. The standard InChI is InChI=1S/C20H20FN5O2/c21-15-3-5-16(6-4-15)25-9-11-26(12-10-25)19-8-7-18(23-24-19)20(27)22-14-17-2-1-13-28-17/h1-8,13H,9-12,14H2,(H,22,27). The number of anilines is 2. The SMILES string of the molecule is O=C(NCc1ccco1)c1ccc(N2CCN(c3ccc(F)cc3)CC2)nn1. The number of nitrogens with one attached hydrogen (secondary N) is 1. The number of amides is 1. The highest BCUT2D eigenvalue weighted by molar-refractivity contribution is 5.92. The average Bonchev–Trinajstić information content (AvgIpc) is 3.27. The summed E-state index contributed by atoms with van der Waals surface area (Å²) in [6, 6.07) is 13.6. The summed E-state index contributed by atoms with van der Waals surface area (Å²) in [6.45, 7) is 3.46. The number of piperazine rings is 1. The molecule has 28 heavy (non-hydrogen) atoms. The fraction of sp³-hybridized carbons (Fsp3) is 0.250. The summed E-state index contributed by atoms with van der Waals surface area (Å²) in [5, 5.41) is 11.0. The minimum atomic E-state index is -0.295. The van der Waals surface area contributed by atoms with Crippen molar-refractivity contribution in [3.63, 3.8) is 0 Å². The summed E-state index contributed by atoms with van der Waals surface area (Å²) < 4.78 is 18.3. The molecule has 2 aromatic heterocycles. The van der Waals surface area contributed by atoms with E-state index >= 15 is 0 Å². The summed E-state index contributed by atoms with van der Waals surface area (Å²) in [4.78, 5) is 16.5. The minimum Gasteiger partial charge on any atom is -0.467 e. The molecule has 144 valence electrons. The Bertz CT molecular complexity index is 905. The monoisotopic (exact) mass is 381 g/mol. The minimum absolute atomic E-state index is 0.231. The second-order valence-electron chi connectivity index (χ2n) is 6.49. The van der Waals surface area contributed by atoms with Crippen LogP contribution in [0.3, 0.4) is 0 Å². The maximum atomic E-state index is 13.1. The van der Waals surface area contributed by atoms with E-state index in [1.54, 1.807) is 36.6 Å². The van der Waals surface area contributed by atoms with Crippen LogP contribution in [0.1, 0.15) is 16.2 Å². The zero-order chi connectivity index (χ0) is 19.3. The Kier molecular flexibility index (Phi) is 5.18. The van der Waals surface area contributed by atoms with Gasteiger partial charge in [-0.2, -0.15) is 0 Å². The van der Waals surface area contributed by atoms with Gasteiger partial charge in [-0.3, -0.25) is 4.79 Å². The van der Waals surface area contributed by atoms with Crippen molar-refractivity contribution in [3.8, 4) is 0 Å². The molecule has 1 aliphatic heterocycles. The van der Waals surface area contributed by atoms with Crippen molar-refractivity contribution >= 4 is 17.4 Å². The van der Waals surface area contributed by atoms with Crippen molar-refractivity contribution in [1.82, 2.24) is 15.5 Å². The van der Waals surface area contributed by atoms with Gasteiger partial charge in [-0.15, -0.1) is 10.2 Å². The fourth-order valence-corrected chi connectivity index (χ4v) is 3.13. The predicted molar refractivity (Wildman–Crippen MR) is 103 cm³/mol. The van der Waals surface area contributed by atoms with Crippen LogP contribution in [0.5, 0.6) is 0 Å². The van der Waals surface area contributed by atoms with Gasteiger partial charge in [-0.1, -0.05) is 0 Å². The summed E-state index contributed by atoms with van der Waals surface area (Å²) in [5.41, 5.74) is 1.27. The normalized spacial score (nSPS) is 14.2. The highest BCUT2D eigenvalue weighted by Crippen LogP contribution is 2.19. The maximum absolute atomic E-state index is 13.1. The summed E-state index contributed by atoms with van der Waals surface area (Å²) in [7, 11) is 0. The molecule has 1 aliphatic rings. The van der Waals surface area contributed by atoms with Crippen LogP contribution in [0, 0.1) is 5.82 Å². The van der Waals surface area contributed by atoms with Gasteiger partial charge in [0.2, 0.25) is 0 Å². The summed E-state index contributed by atoms with van der Waals surface area (Å²) >= 11 is 0. The van der Waals surface area contributed by atoms with Gasteiger partial charge in [0, 0.05) is 31.9 Å². The van der Waals surface area contributed by atoms with E-state index in [9.17, 15) is 9.18 Å². The first-order valence-corrected chi connectivity index (χ1v) is 9.09. The number of halogens is 1. The Hall–Kier alpha value is -3.42. The second-order valence-corrected chi connectivity index (χ2v) is 6.49. The van der Waals surface area contributed by atoms with Gasteiger partial charge in [0.1, 0.15) is 11.6 Å². The number of carbonyl (C=O) groups excluding carboxylic acids is 1. The Morgan fingerprint density at radius 2 is 1.75 bits per heavy atom.